The minimum absolute atomic E-state index is 0.118. The highest BCUT2D eigenvalue weighted by Crippen LogP contribution is 2.28. The number of anilines is 2. The van der Waals surface area contributed by atoms with Crippen LogP contribution < -0.4 is 16.2 Å². The molecular formula is C24H25N5O5. The van der Waals surface area contributed by atoms with Gasteiger partial charge in [-0.25, -0.2) is 9.78 Å². The van der Waals surface area contributed by atoms with Gasteiger partial charge in [0.1, 0.15) is 23.5 Å². The van der Waals surface area contributed by atoms with E-state index in [1.54, 1.807) is 24.3 Å². The van der Waals surface area contributed by atoms with Crippen LogP contribution in [0.3, 0.4) is 0 Å². The minimum atomic E-state index is -0.760. The Morgan fingerprint density at radius 1 is 1.09 bits per heavy atom. The number of carbonyl (C=O) groups excluding carboxylic acids is 1. The van der Waals surface area contributed by atoms with Crippen LogP contribution in [-0.4, -0.2) is 53.0 Å². The maximum absolute atomic E-state index is 12.7. The highest BCUT2D eigenvalue weighted by Gasteiger charge is 2.17. The fourth-order valence-corrected chi connectivity index (χ4v) is 3.48. The molecule has 4 rings (SSSR count). The molecule has 176 valence electrons. The quantitative estimate of drug-likeness (QED) is 0.240. The molecule has 2 aromatic heterocycles. The van der Waals surface area contributed by atoms with Crippen LogP contribution in [0.25, 0.3) is 22.4 Å². The summed E-state index contributed by atoms with van der Waals surface area (Å²) in [5.41, 5.74) is 2.73. The number of carbonyl (C=O) groups is 1. The molecule has 0 saturated heterocycles. The number of methoxy groups -OCH3 is 1. The van der Waals surface area contributed by atoms with Crippen LogP contribution in [0.15, 0.2) is 65.6 Å². The van der Waals surface area contributed by atoms with E-state index in [1.807, 2.05) is 30.3 Å². The fraction of sp³-hybridized carbons (Fsp3) is 0.208. The average molecular weight is 463 g/mol. The van der Waals surface area contributed by atoms with Crippen molar-refractivity contribution in [2.75, 3.05) is 37.5 Å². The molecular weight excluding hydrogens is 438 g/mol. The number of hydrogen-bond donors (Lipinski definition) is 5. The molecule has 0 fully saturated rings. The number of aromatic amines is 2. The molecule has 0 radical (unpaired) electrons. The Morgan fingerprint density at radius 3 is 2.71 bits per heavy atom. The molecule has 0 spiro atoms. The maximum atomic E-state index is 12.7. The Balaban J connectivity index is 1.59. The lowest BCUT2D eigenvalue weighted by atomic mass is 10.1. The van der Waals surface area contributed by atoms with Crippen molar-refractivity contribution in [3.8, 4) is 11.4 Å². The van der Waals surface area contributed by atoms with Crippen molar-refractivity contribution in [2.24, 2.45) is 0 Å². The van der Waals surface area contributed by atoms with Crippen molar-refractivity contribution in [2.45, 2.75) is 6.10 Å². The number of fused-ring (bicyclic) bond motifs is 1. The van der Waals surface area contributed by atoms with Gasteiger partial charge in [0.15, 0.2) is 0 Å². The number of amides is 1. The summed E-state index contributed by atoms with van der Waals surface area (Å²) in [6.45, 7) is 0.601. The lowest BCUT2D eigenvalue weighted by molar-refractivity contribution is 0.107. The van der Waals surface area contributed by atoms with Gasteiger partial charge in [0.25, 0.3) is 5.56 Å². The third-order valence-electron chi connectivity index (χ3n) is 5.14. The lowest BCUT2D eigenvalue weighted by Gasteiger charge is -2.14. The lowest BCUT2D eigenvalue weighted by Crippen LogP contribution is -2.17. The van der Waals surface area contributed by atoms with Crippen molar-refractivity contribution in [1.82, 2.24) is 15.0 Å². The zero-order valence-corrected chi connectivity index (χ0v) is 18.5. The van der Waals surface area contributed by atoms with Crippen molar-refractivity contribution in [1.29, 1.82) is 0 Å². The largest absolute Gasteiger partial charge is 0.447 e. The summed E-state index contributed by atoms with van der Waals surface area (Å²) in [4.78, 5) is 35.1. The Kier molecular flexibility index (Phi) is 7.21. The fourth-order valence-electron chi connectivity index (χ4n) is 3.48. The molecule has 2 aromatic carbocycles. The number of aliphatic hydroxyl groups is 1. The van der Waals surface area contributed by atoms with Gasteiger partial charge in [0.05, 0.1) is 29.6 Å². The molecule has 0 saturated carbocycles. The predicted molar refractivity (Wildman–Crippen MR) is 129 cm³/mol. The Bertz CT molecular complexity index is 1320. The van der Waals surface area contributed by atoms with Crippen LogP contribution in [0.4, 0.5) is 16.2 Å². The van der Waals surface area contributed by atoms with Gasteiger partial charge in [-0.15, -0.1) is 0 Å². The number of benzene rings is 2. The van der Waals surface area contributed by atoms with E-state index < -0.39 is 12.2 Å². The van der Waals surface area contributed by atoms with E-state index >= 15 is 0 Å². The van der Waals surface area contributed by atoms with Gasteiger partial charge in [-0.1, -0.05) is 36.4 Å². The SMILES string of the molecule is COCCOC(=O)Nc1cccc2[nH]c(-c3c(NC[C@H](O)c4ccccc4)cc[nH]c3=O)nc12. The van der Waals surface area contributed by atoms with Crippen LogP contribution >= 0.6 is 0 Å². The summed E-state index contributed by atoms with van der Waals surface area (Å²) in [7, 11) is 1.52. The van der Waals surface area contributed by atoms with Crippen molar-refractivity contribution in [3.63, 3.8) is 0 Å². The van der Waals surface area contributed by atoms with E-state index in [1.165, 1.54) is 13.3 Å². The number of aliphatic hydroxyl groups excluding tert-OH is 1. The standard InChI is InChI=1S/C24H25N5O5/c1-33-12-13-34-24(32)28-18-9-5-8-17-21(18)29-22(27-17)20-16(10-11-25-23(20)31)26-14-19(30)15-6-3-2-4-7-15/h2-11,19,30H,12-14H2,1H3,(H,27,29)(H,28,32)(H2,25,26,31)/t19-/m0/s1. The Labute approximate surface area is 195 Å². The van der Waals surface area contributed by atoms with E-state index in [9.17, 15) is 14.7 Å². The molecule has 0 aliphatic rings. The molecule has 2 heterocycles. The zero-order valence-electron chi connectivity index (χ0n) is 18.5. The van der Waals surface area contributed by atoms with Gasteiger partial charge in [-0.2, -0.15) is 0 Å². The summed E-state index contributed by atoms with van der Waals surface area (Å²) in [5.74, 6) is 0.315. The summed E-state index contributed by atoms with van der Waals surface area (Å²) in [6, 6.07) is 16.2. The van der Waals surface area contributed by atoms with Gasteiger partial charge in [-0.3, -0.25) is 10.1 Å². The van der Waals surface area contributed by atoms with E-state index in [0.717, 1.165) is 5.56 Å². The van der Waals surface area contributed by atoms with Crippen LogP contribution in [0.5, 0.6) is 0 Å². The van der Waals surface area contributed by atoms with Crippen LogP contribution in [0.2, 0.25) is 0 Å². The minimum Gasteiger partial charge on any atom is -0.447 e. The van der Waals surface area contributed by atoms with Crippen LogP contribution in [0.1, 0.15) is 11.7 Å². The molecule has 0 aliphatic carbocycles. The molecule has 0 bridgehead atoms. The maximum Gasteiger partial charge on any atom is 0.411 e. The monoisotopic (exact) mass is 463 g/mol. The summed E-state index contributed by atoms with van der Waals surface area (Å²) in [6.07, 6.45) is 0.127. The first-order chi connectivity index (χ1) is 16.6. The molecule has 0 unspecified atom stereocenters. The second-order valence-corrected chi connectivity index (χ2v) is 7.44. The van der Waals surface area contributed by atoms with Crippen molar-refractivity contribution in [3.05, 3.63) is 76.7 Å². The molecule has 0 aliphatic heterocycles. The third-order valence-corrected chi connectivity index (χ3v) is 5.14. The number of nitrogens with one attached hydrogen (secondary N) is 4. The normalized spacial score (nSPS) is 11.8. The number of para-hydroxylation sites is 1. The molecule has 1 amide bonds. The molecule has 10 nitrogen and oxygen atoms in total. The van der Waals surface area contributed by atoms with Gasteiger partial charge >= 0.3 is 6.09 Å². The number of H-pyrrole nitrogens is 2. The van der Waals surface area contributed by atoms with Gasteiger partial charge in [0, 0.05) is 19.9 Å². The van der Waals surface area contributed by atoms with Crippen molar-refractivity contribution >= 4 is 28.5 Å². The molecule has 34 heavy (non-hydrogen) atoms. The average Bonchev–Trinajstić information content (AvgIpc) is 3.28. The number of nitrogens with zero attached hydrogens (tertiary/aromatic N) is 1. The first-order valence-electron chi connectivity index (χ1n) is 10.7. The molecule has 5 N–H and O–H groups in total. The Hall–Kier alpha value is -4.15. The number of aromatic nitrogens is 3. The van der Waals surface area contributed by atoms with E-state index in [0.29, 0.717) is 28.2 Å². The first kappa shape index (κ1) is 23.0. The number of pyridine rings is 1. The second kappa shape index (κ2) is 10.6. The van der Waals surface area contributed by atoms with Crippen molar-refractivity contribution < 1.29 is 19.4 Å². The van der Waals surface area contributed by atoms with Crippen LogP contribution in [-0.2, 0) is 9.47 Å². The zero-order chi connectivity index (χ0) is 23.9. The van der Waals surface area contributed by atoms with Gasteiger partial charge in [0.2, 0.25) is 0 Å². The third kappa shape index (κ3) is 5.25. The molecule has 10 heteroatoms. The number of rotatable bonds is 9. The first-order valence-corrected chi connectivity index (χ1v) is 10.7. The topological polar surface area (TPSA) is 141 Å². The summed E-state index contributed by atoms with van der Waals surface area (Å²) in [5, 5.41) is 16.3. The smallest absolute Gasteiger partial charge is 0.411 e. The van der Waals surface area contributed by atoms with E-state index in [2.05, 4.69) is 25.6 Å². The molecule has 4 aromatic rings. The summed E-state index contributed by atoms with van der Waals surface area (Å²) >= 11 is 0. The highest BCUT2D eigenvalue weighted by atomic mass is 16.6. The number of imidazole rings is 1. The highest BCUT2D eigenvalue weighted by molar-refractivity contribution is 5.98. The van der Waals surface area contributed by atoms with E-state index in [4.69, 9.17) is 9.47 Å². The number of hydrogen-bond acceptors (Lipinski definition) is 7. The van der Waals surface area contributed by atoms with Crippen LogP contribution in [0, 0.1) is 0 Å². The van der Waals surface area contributed by atoms with E-state index in [-0.39, 0.29) is 30.9 Å². The summed E-state index contributed by atoms with van der Waals surface area (Å²) < 4.78 is 9.92. The van der Waals surface area contributed by atoms with Gasteiger partial charge in [-0.05, 0) is 23.8 Å². The predicted octanol–water partition coefficient (Wildman–Crippen LogP) is 3.26. The second-order valence-electron chi connectivity index (χ2n) is 7.44. The Morgan fingerprint density at radius 2 is 1.91 bits per heavy atom. The molecule has 1 atom stereocenters. The van der Waals surface area contributed by atoms with Gasteiger partial charge < -0.3 is 29.9 Å². The number of ether oxygens (including phenoxy) is 2.